The topological polar surface area (TPSA) is 41.6 Å². The summed E-state index contributed by atoms with van der Waals surface area (Å²) in [6.45, 7) is 5.73. The van der Waals surface area contributed by atoms with Gasteiger partial charge < -0.3 is 15.0 Å². The Morgan fingerprint density at radius 3 is 2.85 bits per heavy atom. The van der Waals surface area contributed by atoms with Gasteiger partial charge in [-0.2, -0.15) is 0 Å². The van der Waals surface area contributed by atoms with Crippen molar-refractivity contribution in [3.8, 4) is 0 Å². The van der Waals surface area contributed by atoms with Gasteiger partial charge in [0.25, 0.3) is 0 Å². The molecule has 0 amide bonds. The monoisotopic (exact) mass is 276 g/mol. The highest BCUT2D eigenvalue weighted by atomic mass is 16.5. The molecule has 4 heteroatoms. The van der Waals surface area contributed by atoms with Crippen molar-refractivity contribution in [2.45, 2.75) is 38.8 Å². The van der Waals surface area contributed by atoms with Crippen molar-refractivity contribution in [2.24, 2.45) is 0 Å². The average Bonchev–Trinajstić information content (AvgIpc) is 2.45. The summed E-state index contributed by atoms with van der Waals surface area (Å²) < 4.78 is 4.91. The molecule has 20 heavy (non-hydrogen) atoms. The van der Waals surface area contributed by atoms with Crippen molar-refractivity contribution in [3.63, 3.8) is 0 Å². The van der Waals surface area contributed by atoms with E-state index in [1.54, 1.807) is 0 Å². The second-order valence-corrected chi connectivity index (χ2v) is 5.58. The van der Waals surface area contributed by atoms with Gasteiger partial charge in [-0.15, -0.1) is 0 Å². The summed E-state index contributed by atoms with van der Waals surface area (Å²) in [5.41, 5.74) is 2.62. The zero-order chi connectivity index (χ0) is 14.5. The Labute approximate surface area is 121 Å². The lowest BCUT2D eigenvalue weighted by molar-refractivity contribution is -0.143. The quantitative estimate of drug-likeness (QED) is 0.835. The van der Waals surface area contributed by atoms with Crippen LogP contribution in [0.1, 0.15) is 25.8 Å². The molecular formula is C16H24N2O2. The molecule has 110 valence electrons. The van der Waals surface area contributed by atoms with Crippen molar-refractivity contribution < 1.29 is 9.53 Å². The van der Waals surface area contributed by atoms with Crippen LogP contribution in [-0.2, 0) is 16.0 Å². The van der Waals surface area contributed by atoms with Crippen LogP contribution in [0, 0.1) is 0 Å². The lowest BCUT2D eigenvalue weighted by atomic mass is 10.0. The van der Waals surface area contributed by atoms with E-state index in [9.17, 15) is 4.79 Å². The second-order valence-electron chi connectivity index (χ2n) is 5.58. The van der Waals surface area contributed by atoms with Gasteiger partial charge in [-0.05, 0) is 24.5 Å². The summed E-state index contributed by atoms with van der Waals surface area (Å²) in [5.74, 6) is -0.193. The Hall–Kier alpha value is -1.55. The Kier molecular flexibility index (Phi) is 5.01. The first kappa shape index (κ1) is 14.9. The van der Waals surface area contributed by atoms with E-state index in [-0.39, 0.29) is 18.1 Å². The number of nitrogens with zero attached hydrogens (tertiary/aromatic N) is 1. The number of benzene rings is 1. The maximum atomic E-state index is 11.9. The van der Waals surface area contributed by atoms with Crippen LogP contribution in [0.3, 0.4) is 0 Å². The molecule has 2 rings (SSSR count). The fraction of sp³-hybridized carbons (Fsp3) is 0.562. The van der Waals surface area contributed by atoms with Gasteiger partial charge in [-0.3, -0.25) is 4.79 Å². The number of aryl methyl sites for hydroxylation is 1. The van der Waals surface area contributed by atoms with Gasteiger partial charge in [0.2, 0.25) is 0 Å². The lowest BCUT2D eigenvalue weighted by Crippen LogP contribution is -2.50. The number of fused-ring (bicyclic) bond motifs is 1. The maximum absolute atomic E-state index is 11.9. The van der Waals surface area contributed by atoms with Gasteiger partial charge in [0, 0.05) is 24.8 Å². The van der Waals surface area contributed by atoms with Crippen molar-refractivity contribution in [3.05, 3.63) is 29.8 Å². The lowest BCUT2D eigenvalue weighted by Gasteiger charge is -2.34. The third kappa shape index (κ3) is 3.51. The number of hydrogen-bond acceptors (Lipinski definition) is 4. The van der Waals surface area contributed by atoms with Crippen LogP contribution < -0.4 is 10.2 Å². The average molecular weight is 276 g/mol. The molecule has 1 aliphatic heterocycles. The van der Waals surface area contributed by atoms with Gasteiger partial charge in [0.1, 0.15) is 6.04 Å². The molecule has 1 aromatic carbocycles. The van der Waals surface area contributed by atoms with Crippen LogP contribution in [0.4, 0.5) is 5.69 Å². The first-order chi connectivity index (χ1) is 9.61. The van der Waals surface area contributed by atoms with E-state index in [2.05, 4.69) is 34.5 Å². The minimum Gasteiger partial charge on any atom is -0.468 e. The molecule has 1 heterocycles. The minimum atomic E-state index is -0.286. The van der Waals surface area contributed by atoms with Crippen LogP contribution in [-0.4, -0.2) is 38.3 Å². The molecule has 1 atom stereocenters. The summed E-state index contributed by atoms with van der Waals surface area (Å²) in [6.07, 6.45) is 2.25. The van der Waals surface area contributed by atoms with Crippen LogP contribution in [0.15, 0.2) is 24.3 Å². The standard InChI is InChI=1S/C16H24N2O2/c1-12(2)17-14(16(19)20-3)11-18-10-6-8-13-7-4-5-9-15(13)18/h4-5,7,9,12,14,17H,6,8,10-11H2,1-3H3. The van der Waals surface area contributed by atoms with Gasteiger partial charge >= 0.3 is 5.97 Å². The van der Waals surface area contributed by atoms with E-state index in [1.165, 1.54) is 18.4 Å². The van der Waals surface area contributed by atoms with E-state index in [0.717, 1.165) is 19.4 Å². The van der Waals surface area contributed by atoms with E-state index in [1.807, 2.05) is 13.8 Å². The van der Waals surface area contributed by atoms with E-state index >= 15 is 0 Å². The molecule has 1 aliphatic rings. The number of hydrogen-bond donors (Lipinski definition) is 1. The SMILES string of the molecule is COC(=O)C(CN1CCCc2ccccc21)NC(C)C. The first-order valence-electron chi connectivity index (χ1n) is 7.28. The molecule has 1 unspecified atom stereocenters. The van der Waals surface area contributed by atoms with E-state index in [4.69, 9.17) is 4.74 Å². The number of nitrogens with one attached hydrogen (secondary N) is 1. The molecule has 0 saturated heterocycles. The Bertz CT molecular complexity index is 460. The number of ether oxygens (including phenoxy) is 1. The number of esters is 1. The largest absolute Gasteiger partial charge is 0.468 e. The highest BCUT2D eigenvalue weighted by Gasteiger charge is 2.25. The number of methoxy groups -OCH3 is 1. The highest BCUT2D eigenvalue weighted by Crippen LogP contribution is 2.26. The number of anilines is 1. The van der Waals surface area contributed by atoms with Crippen molar-refractivity contribution in [1.82, 2.24) is 5.32 Å². The molecule has 4 nitrogen and oxygen atoms in total. The van der Waals surface area contributed by atoms with Gasteiger partial charge in [-0.1, -0.05) is 32.0 Å². The molecule has 0 aliphatic carbocycles. The number of para-hydroxylation sites is 1. The normalized spacial score (nSPS) is 15.9. The first-order valence-corrected chi connectivity index (χ1v) is 7.28. The second kappa shape index (κ2) is 6.75. The third-order valence-corrected chi connectivity index (χ3v) is 3.63. The Morgan fingerprint density at radius 2 is 2.15 bits per heavy atom. The fourth-order valence-electron chi connectivity index (χ4n) is 2.76. The predicted molar refractivity (Wildman–Crippen MR) is 81.1 cm³/mol. The number of rotatable bonds is 5. The third-order valence-electron chi connectivity index (χ3n) is 3.63. The van der Waals surface area contributed by atoms with Crippen LogP contribution in [0.2, 0.25) is 0 Å². The summed E-state index contributed by atoms with van der Waals surface area (Å²) in [5, 5.41) is 3.29. The number of carbonyl (C=O) groups excluding carboxylic acids is 1. The van der Waals surface area contributed by atoms with E-state index in [0.29, 0.717) is 6.54 Å². The molecular weight excluding hydrogens is 252 g/mol. The molecule has 1 N–H and O–H groups in total. The van der Waals surface area contributed by atoms with Gasteiger partial charge in [-0.25, -0.2) is 0 Å². The van der Waals surface area contributed by atoms with Gasteiger partial charge in [0.15, 0.2) is 0 Å². The summed E-state index contributed by atoms with van der Waals surface area (Å²) in [4.78, 5) is 14.2. The number of carbonyl (C=O) groups is 1. The predicted octanol–water partition coefficient (Wildman–Crippen LogP) is 1.98. The molecule has 0 spiro atoms. The molecule has 0 radical (unpaired) electrons. The Morgan fingerprint density at radius 1 is 1.40 bits per heavy atom. The van der Waals surface area contributed by atoms with Crippen LogP contribution in [0.5, 0.6) is 0 Å². The van der Waals surface area contributed by atoms with Crippen molar-refractivity contribution in [2.75, 3.05) is 25.1 Å². The fourth-order valence-corrected chi connectivity index (χ4v) is 2.76. The zero-order valence-electron chi connectivity index (χ0n) is 12.6. The summed E-state index contributed by atoms with van der Waals surface area (Å²) in [6, 6.07) is 8.40. The molecule has 1 aromatic rings. The Balaban J connectivity index is 2.13. The molecule has 0 fully saturated rings. The molecule has 0 saturated carbocycles. The van der Waals surface area contributed by atoms with E-state index < -0.39 is 0 Å². The minimum absolute atomic E-state index is 0.193. The van der Waals surface area contributed by atoms with Gasteiger partial charge in [0.05, 0.1) is 7.11 Å². The van der Waals surface area contributed by atoms with Crippen LogP contribution in [0.25, 0.3) is 0 Å². The van der Waals surface area contributed by atoms with Crippen molar-refractivity contribution in [1.29, 1.82) is 0 Å². The molecule has 0 bridgehead atoms. The maximum Gasteiger partial charge on any atom is 0.324 e. The van der Waals surface area contributed by atoms with Crippen molar-refractivity contribution >= 4 is 11.7 Å². The molecule has 0 aromatic heterocycles. The summed E-state index contributed by atoms with van der Waals surface area (Å²) in [7, 11) is 1.45. The van der Waals surface area contributed by atoms with Crippen LogP contribution >= 0.6 is 0 Å². The zero-order valence-corrected chi connectivity index (χ0v) is 12.6. The highest BCUT2D eigenvalue weighted by molar-refractivity contribution is 5.77. The summed E-state index contributed by atoms with van der Waals surface area (Å²) >= 11 is 0. The smallest absolute Gasteiger partial charge is 0.324 e.